The van der Waals surface area contributed by atoms with E-state index in [9.17, 15) is 9.90 Å². The Hall–Kier alpha value is -3.31. The van der Waals surface area contributed by atoms with Gasteiger partial charge in [-0.15, -0.1) is 0 Å². The van der Waals surface area contributed by atoms with Gasteiger partial charge < -0.3 is 9.84 Å². The van der Waals surface area contributed by atoms with Crippen molar-refractivity contribution < 1.29 is 14.6 Å². The van der Waals surface area contributed by atoms with Crippen LogP contribution in [0.5, 0.6) is 5.75 Å². The first-order valence-electron chi connectivity index (χ1n) is 8.88. The van der Waals surface area contributed by atoms with Gasteiger partial charge in [-0.1, -0.05) is 29.8 Å². The number of carbonyl (C=O) groups is 1. The maximum Gasteiger partial charge on any atom is 0.339 e. The van der Waals surface area contributed by atoms with E-state index >= 15 is 0 Å². The summed E-state index contributed by atoms with van der Waals surface area (Å²) in [6, 6.07) is 15.1. The molecule has 1 N–H and O–H groups in total. The van der Waals surface area contributed by atoms with Crippen molar-refractivity contribution in [1.29, 1.82) is 0 Å². The van der Waals surface area contributed by atoms with Crippen molar-refractivity contribution in [2.45, 2.75) is 6.42 Å². The standard InChI is InChI=1S/C22H15ClN2O3/c23-17-5-1-3-15(20(17)14-6-7-19-13(11-14)8-10-28-19)18-12-24-21-16(22(26)27)4-2-9-25(18)21/h1-7,9,11-12H,8,10H2,(H,26,27). The molecular formula is C22H15ClN2O3. The van der Waals surface area contributed by atoms with E-state index < -0.39 is 5.97 Å². The van der Waals surface area contributed by atoms with Crippen LogP contribution < -0.4 is 4.74 Å². The van der Waals surface area contributed by atoms with Crippen LogP contribution >= 0.6 is 11.6 Å². The largest absolute Gasteiger partial charge is 0.493 e. The summed E-state index contributed by atoms with van der Waals surface area (Å²) in [5, 5.41) is 10.1. The van der Waals surface area contributed by atoms with Crippen molar-refractivity contribution in [3.05, 3.63) is 77.1 Å². The van der Waals surface area contributed by atoms with Crippen LogP contribution in [0, 0.1) is 0 Å². The van der Waals surface area contributed by atoms with Gasteiger partial charge in [0.1, 0.15) is 11.3 Å². The number of rotatable bonds is 3. The summed E-state index contributed by atoms with van der Waals surface area (Å²) >= 11 is 6.61. The summed E-state index contributed by atoms with van der Waals surface area (Å²) < 4.78 is 7.40. The van der Waals surface area contributed by atoms with E-state index in [1.165, 1.54) is 0 Å². The third-order valence-corrected chi connectivity index (χ3v) is 5.35. The number of aromatic carboxylic acids is 1. The lowest BCUT2D eigenvalue weighted by Crippen LogP contribution is -2.01. The minimum absolute atomic E-state index is 0.159. The van der Waals surface area contributed by atoms with Crippen LogP contribution in [-0.4, -0.2) is 27.1 Å². The van der Waals surface area contributed by atoms with Gasteiger partial charge >= 0.3 is 5.97 Å². The number of benzene rings is 2. The molecule has 0 bridgehead atoms. The highest BCUT2D eigenvalue weighted by molar-refractivity contribution is 6.34. The number of pyridine rings is 1. The molecule has 1 aliphatic rings. The lowest BCUT2D eigenvalue weighted by molar-refractivity contribution is 0.0698. The van der Waals surface area contributed by atoms with Gasteiger partial charge in [0, 0.05) is 28.8 Å². The van der Waals surface area contributed by atoms with E-state index in [1.54, 1.807) is 22.7 Å². The predicted octanol–water partition coefficient (Wildman–Crippen LogP) is 4.95. The quantitative estimate of drug-likeness (QED) is 0.537. The topological polar surface area (TPSA) is 63.8 Å². The predicted molar refractivity (Wildman–Crippen MR) is 107 cm³/mol. The summed E-state index contributed by atoms with van der Waals surface area (Å²) in [4.78, 5) is 15.9. The monoisotopic (exact) mass is 390 g/mol. The van der Waals surface area contributed by atoms with E-state index in [1.807, 2.05) is 36.5 Å². The van der Waals surface area contributed by atoms with E-state index in [-0.39, 0.29) is 5.56 Å². The molecule has 2 aromatic heterocycles. The molecule has 0 amide bonds. The molecule has 0 saturated heterocycles. The van der Waals surface area contributed by atoms with Gasteiger partial charge in [-0.3, -0.25) is 4.40 Å². The van der Waals surface area contributed by atoms with Gasteiger partial charge in [-0.05, 0) is 41.5 Å². The number of ether oxygens (including phenoxy) is 1. The highest BCUT2D eigenvalue weighted by Crippen LogP contribution is 2.40. The Kier molecular flexibility index (Phi) is 3.84. The highest BCUT2D eigenvalue weighted by Gasteiger charge is 2.19. The molecule has 5 nitrogen and oxygen atoms in total. The summed E-state index contributed by atoms with van der Waals surface area (Å²) in [6.07, 6.45) is 4.37. The summed E-state index contributed by atoms with van der Waals surface area (Å²) in [5.74, 6) is -0.0917. The molecule has 2 aromatic carbocycles. The fraction of sp³-hybridized carbons (Fsp3) is 0.0909. The Balaban J connectivity index is 1.75. The van der Waals surface area contributed by atoms with Crippen molar-refractivity contribution in [2.75, 3.05) is 6.61 Å². The first-order valence-corrected chi connectivity index (χ1v) is 9.25. The zero-order valence-electron chi connectivity index (χ0n) is 14.7. The van der Waals surface area contributed by atoms with E-state index in [0.717, 1.165) is 40.1 Å². The van der Waals surface area contributed by atoms with E-state index in [4.69, 9.17) is 16.3 Å². The Bertz CT molecular complexity index is 1250. The average Bonchev–Trinajstić information content (AvgIpc) is 3.33. The van der Waals surface area contributed by atoms with Gasteiger partial charge in [0.05, 0.1) is 18.5 Å². The maximum absolute atomic E-state index is 11.5. The van der Waals surface area contributed by atoms with Crippen LogP contribution in [0.3, 0.4) is 0 Å². The van der Waals surface area contributed by atoms with Crippen molar-refractivity contribution >= 4 is 23.2 Å². The Labute approximate surface area is 165 Å². The van der Waals surface area contributed by atoms with Crippen molar-refractivity contribution in [2.24, 2.45) is 0 Å². The fourth-order valence-corrected chi connectivity index (χ4v) is 4.03. The van der Waals surface area contributed by atoms with Crippen molar-refractivity contribution in [3.63, 3.8) is 0 Å². The molecule has 6 heteroatoms. The second-order valence-electron chi connectivity index (χ2n) is 6.65. The first kappa shape index (κ1) is 16.8. The van der Waals surface area contributed by atoms with Gasteiger partial charge in [0.25, 0.3) is 0 Å². The number of nitrogens with zero attached hydrogens (tertiary/aromatic N) is 2. The van der Waals surface area contributed by atoms with Gasteiger partial charge in [0.2, 0.25) is 0 Å². The van der Waals surface area contributed by atoms with Crippen molar-refractivity contribution in [3.8, 4) is 28.1 Å². The first-order chi connectivity index (χ1) is 13.6. The molecule has 28 heavy (non-hydrogen) atoms. The number of halogens is 1. The zero-order valence-corrected chi connectivity index (χ0v) is 15.5. The third kappa shape index (κ3) is 2.55. The van der Waals surface area contributed by atoms with E-state index in [2.05, 4.69) is 11.1 Å². The number of hydrogen-bond donors (Lipinski definition) is 1. The molecule has 3 heterocycles. The van der Waals surface area contributed by atoms with Gasteiger partial charge in [-0.25, -0.2) is 9.78 Å². The van der Waals surface area contributed by atoms with Crippen LogP contribution in [0.15, 0.2) is 60.9 Å². The summed E-state index contributed by atoms with van der Waals surface area (Å²) in [6.45, 7) is 0.694. The number of fused-ring (bicyclic) bond motifs is 2. The second kappa shape index (κ2) is 6.39. The SMILES string of the molecule is O=C(O)c1cccn2c(-c3cccc(Cl)c3-c3ccc4c(c3)CCO4)cnc12. The smallest absolute Gasteiger partial charge is 0.339 e. The minimum atomic E-state index is -1.01. The Morgan fingerprint density at radius 3 is 2.93 bits per heavy atom. The molecule has 5 rings (SSSR count). The zero-order chi connectivity index (χ0) is 19.3. The lowest BCUT2D eigenvalue weighted by atomic mass is 9.96. The van der Waals surface area contributed by atoms with Gasteiger partial charge in [-0.2, -0.15) is 0 Å². The number of hydrogen-bond acceptors (Lipinski definition) is 3. The third-order valence-electron chi connectivity index (χ3n) is 5.03. The fourth-order valence-electron chi connectivity index (χ4n) is 3.75. The second-order valence-corrected chi connectivity index (χ2v) is 7.05. The minimum Gasteiger partial charge on any atom is -0.493 e. The number of imidazole rings is 1. The van der Waals surface area contributed by atoms with Gasteiger partial charge in [0.15, 0.2) is 5.65 Å². The molecule has 138 valence electrons. The number of carboxylic acids is 1. The van der Waals surface area contributed by atoms with E-state index in [0.29, 0.717) is 17.3 Å². The number of aromatic nitrogens is 2. The molecule has 0 unspecified atom stereocenters. The number of carboxylic acid groups (broad SMARTS) is 1. The van der Waals surface area contributed by atoms with Crippen molar-refractivity contribution in [1.82, 2.24) is 9.38 Å². The lowest BCUT2D eigenvalue weighted by Gasteiger charge is -2.13. The van der Waals surface area contributed by atoms with Crippen LogP contribution in [0.2, 0.25) is 5.02 Å². The molecule has 1 aliphatic heterocycles. The van der Waals surface area contributed by atoms with Crippen LogP contribution in [-0.2, 0) is 6.42 Å². The summed E-state index contributed by atoms with van der Waals surface area (Å²) in [5.41, 5.74) is 5.28. The average molecular weight is 391 g/mol. The molecule has 0 aliphatic carbocycles. The molecule has 0 saturated carbocycles. The molecule has 0 spiro atoms. The molecule has 0 fully saturated rings. The van der Waals surface area contributed by atoms with Crippen LogP contribution in [0.25, 0.3) is 28.0 Å². The summed E-state index contributed by atoms with van der Waals surface area (Å²) in [7, 11) is 0. The van der Waals surface area contributed by atoms with Crippen LogP contribution in [0.1, 0.15) is 15.9 Å². The maximum atomic E-state index is 11.5. The molecule has 0 radical (unpaired) electrons. The Morgan fingerprint density at radius 1 is 1.18 bits per heavy atom. The molecule has 0 atom stereocenters. The highest BCUT2D eigenvalue weighted by atomic mass is 35.5. The van der Waals surface area contributed by atoms with Crippen LogP contribution in [0.4, 0.5) is 0 Å². The Morgan fingerprint density at radius 2 is 2.07 bits per heavy atom. The molecule has 4 aromatic rings. The normalized spacial score (nSPS) is 12.8. The molecular weight excluding hydrogens is 376 g/mol.